The second-order valence-corrected chi connectivity index (χ2v) is 5.65. The van der Waals surface area contributed by atoms with Gasteiger partial charge in [-0.25, -0.2) is 0 Å². The second kappa shape index (κ2) is 5.29. The van der Waals surface area contributed by atoms with Crippen molar-refractivity contribution in [2.75, 3.05) is 13.6 Å². The van der Waals surface area contributed by atoms with Gasteiger partial charge in [-0.15, -0.1) is 0 Å². The lowest BCUT2D eigenvalue weighted by Gasteiger charge is -2.14. The molecule has 20 heavy (non-hydrogen) atoms. The molecule has 0 saturated heterocycles. The fourth-order valence-electron chi connectivity index (χ4n) is 2.09. The van der Waals surface area contributed by atoms with Crippen molar-refractivity contribution in [1.82, 2.24) is 10.1 Å². The van der Waals surface area contributed by atoms with Crippen molar-refractivity contribution in [1.29, 1.82) is 0 Å². The first kappa shape index (κ1) is 13.2. The molecule has 4 nitrogen and oxygen atoms in total. The third-order valence-corrected chi connectivity index (χ3v) is 3.69. The Bertz CT molecular complexity index is 617. The molecular weight excluding hydrogens is 276 g/mol. The van der Waals surface area contributed by atoms with Crippen molar-refractivity contribution in [3.63, 3.8) is 0 Å². The van der Waals surface area contributed by atoms with Crippen molar-refractivity contribution in [3.05, 3.63) is 41.0 Å². The van der Waals surface area contributed by atoms with Gasteiger partial charge in [0.25, 0.3) is 5.91 Å². The number of rotatable bonds is 4. The largest absolute Gasteiger partial charge is 0.355 e. The third-order valence-electron chi connectivity index (χ3n) is 3.43. The summed E-state index contributed by atoms with van der Waals surface area (Å²) in [5.74, 6) is 1.14. The van der Waals surface area contributed by atoms with Gasteiger partial charge < -0.3 is 9.42 Å². The van der Waals surface area contributed by atoms with Crippen LogP contribution in [-0.4, -0.2) is 29.6 Å². The Morgan fingerprint density at radius 1 is 1.40 bits per heavy atom. The number of nitrogens with zero attached hydrogens (tertiary/aromatic N) is 2. The summed E-state index contributed by atoms with van der Waals surface area (Å²) in [5.41, 5.74) is 1.20. The second-order valence-electron chi connectivity index (χ2n) is 5.21. The van der Waals surface area contributed by atoms with Gasteiger partial charge >= 0.3 is 0 Å². The molecule has 0 spiro atoms. The van der Waals surface area contributed by atoms with Gasteiger partial charge in [-0.2, -0.15) is 0 Å². The van der Waals surface area contributed by atoms with E-state index in [1.807, 2.05) is 12.1 Å². The van der Waals surface area contributed by atoms with E-state index < -0.39 is 0 Å². The van der Waals surface area contributed by atoms with Crippen LogP contribution >= 0.6 is 11.6 Å². The molecule has 0 N–H and O–H groups in total. The minimum absolute atomic E-state index is 0.0964. The van der Waals surface area contributed by atoms with Crippen LogP contribution < -0.4 is 0 Å². The predicted molar refractivity (Wildman–Crippen MR) is 76.6 cm³/mol. The van der Waals surface area contributed by atoms with Gasteiger partial charge in [-0.05, 0) is 43.0 Å². The molecule has 1 aliphatic carbocycles. The van der Waals surface area contributed by atoms with Gasteiger partial charge in [0.05, 0.1) is 0 Å². The lowest BCUT2D eigenvalue weighted by Crippen LogP contribution is -2.28. The molecule has 0 radical (unpaired) electrons. The Morgan fingerprint density at radius 2 is 2.10 bits per heavy atom. The van der Waals surface area contributed by atoms with E-state index in [1.54, 1.807) is 30.1 Å². The fourth-order valence-corrected chi connectivity index (χ4v) is 2.22. The quantitative estimate of drug-likeness (QED) is 0.866. The highest BCUT2D eigenvalue weighted by atomic mass is 35.5. The van der Waals surface area contributed by atoms with Crippen LogP contribution in [0.3, 0.4) is 0 Å². The fraction of sp³-hybridized carbons (Fsp3) is 0.333. The number of carbonyl (C=O) groups is 1. The van der Waals surface area contributed by atoms with Crippen molar-refractivity contribution < 1.29 is 9.32 Å². The summed E-state index contributed by atoms with van der Waals surface area (Å²) in [6.07, 6.45) is 2.43. The van der Waals surface area contributed by atoms with E-state index >= 15 is 0 Å². The average molecular weight is 291 g/mol. The van der Waals surface area contributed by atoms with E-state index in [0.29, 0.717) is 22.4 Å². The maximum atomic E-state index is 12.2. The first-order chi connectivity index (χ1) is 9.63. The van der Waals surface area contributed by atoms with Gasteiger partial charge in [0.2, 0.25) is 0 Å². The summed E-state index contributed by atoms with van der Waals surface area (Å²) in [7, 11) is 1.80. The van der Waals surface area contributed by atoms with Gasteiger partial charge in [0.15, 0.2) is 11.5 Å². The van der Waals surface area contributed by atoms with Crippen LogP contribution in [0.25, 0.3) is 11.3 Å². The zero-order valence-corrected chi connectivity index (χ0v) is 11.9. The minimum Gasteiger partial charge on any atom is -0.355 e. The number of hydrogen-bond acceptors (Lipinski definition) is 3. The molecule has 0 atom stereocenters. The summed E-state index contributed by atoms with van der Waals surface area (Å²) in [4.78, 5) is 13.9. The van der Waals surface area contributed by atoms with Crippen LogP contribution in [0.2, 0.25) is 5.02 Å². The molecule has 1 heterocycles. The van der Waals surface area contributed by atoms with E-state index in [4.69, 9.17) is 16.1 Å². The summed E-state index contributed by atoms with van der Waals surface area (Å²) >= 11 is 5.84. The van der Waals surface area contributed by atoms with Crippen molar-refractivity contribution in [2.45, 2.75) is 12.8 Å². The highest BCUT2D eigenvalue weighted by Crippen LogP contribution is 2.30. The van der Waals surface area contributed by atoms with Crippen molar-refractivity contribution in [2.24, 2.45) is 5.92 Å². The minimum atomic E-state index is -0.0964. The number of aromatic nitrogens is 1. The molecule has 5 heteroatoms. The maximum absolute atomic E-state index is 12.2. The Balaban J connectivity index is 1.75. The number of benzene rings is 1. The highest BCUT2D eigenvalue weighted by Gasteiger charge is 2.26. The highest BCUT2D eigenvalue weighted by molar-refractivity contribution is 6.30. The molecule has 104 valence electrons. The molecule has 1 fully saturated rings. The van der Waals surface area contributed by atoms with E-state index in [9.17, 15) is 4.79 Å². The lowest BCUT2D eigenvalue weighted by atomic mass is 10.1. The van der Waals surface area contributed by atoms with E-state index in [-0.39, 0.29) is 5.91 Å². The molecule has 3 rings (SSSR count). The van der Waals surface area contributed by atoms with Crippen LogP contribution in [-0.2, 0) is 0 Å². The van der Waals surface area contributed by atoms with E-state index in [2.05, 4.69) is 5.16 Å². The summed E-state index contributed by atoms with van der Waals surface area (Å²) in [6, 6.07) is 8.91. The zero-order valence-electron chi connectivity index (χ0n) is 11.2. The Morgan fingerprint density at radius 3 is 2.75 bits per heavy atom. The number of carbonyl (C=O) groups excluding carboxylic acids is 1. The summed E-state index contributed by atoms with van der Waals surface area (Å²) in [5, 5.41) is 4.53. The van der Waals surface area contributed by atoms with Crippen molar-refractivity contribution >= 4 is 17.5 Å². The Kier molecular flexibility index (Phi) is 3.49. The van der Waals surface area contributed by atoms with Crippen molar-refractivity contribution in [3.8, 4) is 11.3 Å². The SMILES string of the molecule is CN(CC1CC1)C(=O)c1cc(-c2ccc(Cl)cc2)on1. The molecule has 2 aromatic rings. The van der Waals surface area contributed by atoms with Crippen LogP contribution in [0.15, 0.2) is 34.9 Å². The van der Waals surface area contributed by atoms with Gasteiger partial charge in [-0.3, -0.25) is 4.79 Å². The first-order valence-corrected chi connectivity index (χ1v) is 6.99. The first-order valence-electron chi connectivity index (χ1n) is 6.61. The standard InChI is InChI=1S/C15H15ClN2O2/c1-18(9-10-2-3-10)15(19)13-8-14(20-17-13)11-4-6-12(16)7-5-11/h4-8,10H,2-3,9H2,1H3. The molecule has 0 bridgehead atoms. The van der Waals surface area contributed by atoms with Gasteiger partial charge in [0, 0.05) is 30.2 Å². The molecule has 0 aliphatic heterocycles. The molecule has 1 aliphatic rings. The van der Waals surface area contributed by atoms with Crippen LogP contribution in [0.1, 0.15) is 23.3 Å². The lowest BCUT2D eigenvalue weighted by molar-refractivity contribution is 0.0778. The monoisotopic (exact) mass is 290 g/mol. The molecule has 1 aromatic carbocycles. The summed E-state index contributed by atoms with van der Waals surface area (Å²) < 4.78 is 5.24. The maximum Gasteiger partial charge on any atom is 0.275 e. The third kappa shape index (κ3) is 2.85. The van der Waals surface area contributed by atoms with E-state index in [0.717, 1.165) is 12.1 Å². The zero-order chi connectivity index (χ0) is 14.1. The Labute approximate surface area is 122 Å². The van der Waals surface area contributed by atoms with Gasteiger partial charge in [0.1, 0.15) is 0 Å². The smallest absolute Gasteiger partial charge is 0.275 e. The van der Waals surface area contributed by atoms with E-state index in [1.165, 1.54) is 12.8 Å². The average Bonchev–Trinajstić information content (AvgIpc) is 3.12. The number of hydrogen-bond donors (Lipinski definition) is 0. The molecule has 0 unspecified atom stereocenters. The number of halogens is 1. The molecule has 1 aromatic heterocycles. The van der Waals surface area contributed by atoms with Crippen LogP contribution in [0, 0.1) is 5.92 Å². The summed E-state index contributed by atoms with van der Waals surface area (Å²) in [6.45, 7) is 0.794. The van der Waals surface area contributed by atoms with Gasteiger partial charge in [-0.1, -0.05) is 16.8 Å². The number of amides is 1. The Hall–Kier alpha value is -1.81. The van der Waals surface area contributed by atoms with Crippen LogP contribution in [0.4, 0.5) is 0 Å². The predicted octanol–water partition coefficient (Wildman–Crippen LogP) is 3.48. The topological polar surface area (TPSA) is 46.3 Å². The molecule has 1 amide bonds. The molecular formula is C15H15ClN2O2. The van der Waals surface area contributed by atoms with Crippen LogP contribution in [0.5, 0.6) is 0 Å². The molecule has 1 saturated carbocycles. The normalized spacial score (nSPS) is 14.3.